The molecule has 1 aromatic rings. The van der Waals surface area contributed by atoms with Crippen LogP contribution in [0.25, 0.3) is 0 Å². The molecule has 1 unspecified atom stereocenters. The molecule has 0 amide bonds. The van der Waals surface area contributed by atoms with Gasteiger partial charge in [0.05, 0.1) is 6.54 Å². The summed E-state index contributed by atoms with van der Waals surface area (Å²) in [5.74, 6) is 1.65. The van der Waals surface area contributed by atoms with Gasteiger partial charge in [0.2, 0.25) is 0 Å². The van der Waals surface area contributed by atoms with Gasteiger partial charge in [-0.2, -0.15) is 0 Å². The molecule has 2 N–H and O–H groups in total. The van der Waals surface area contributed by atoms with Crippen molar-refractivity contribution in [3.05, 3.63) is 43.0 Å². The minimum absolute atomic E-state index is 0. The Labute approximate surface area is 138 Å². The van der Waals surface area contributed by atoms with Crippen molar-refractivity contribution in [3.8, 4) is 5.75 Å². The molecule has 0 aliphatic carbocycles. The van der Waals surface area contributed by atoms with Crippen LogP contribution in [0.1, 0.15) is 13.8 Å². The topological polar surface area (TPSA) is 45.7 Å². The first-order valence-corrected chi connectivity index (χ1v) is 6.61. The summed E-state index contributed by atoms with van der Waals surface area (Å²) in [5, 5.41) is 6.33. The van der Waals surface area contributed by atoms with Crippen molar-refractivity contribution in [2.24, 2.45) is 4.99 Å². The monoisotopic (exact) mass is 389 g/mol. The van der Waals surface area contributed by atoms with Crippen LogP contribution >= 0.6 is 24.0 Å². The zero-order valence-electron chi connectivity index (χ0n) is 12.1. The molecule has 112 valence electrons. The highest BCUT2D eigenvalue weighted by atomic mass is 127. The third-order valence-corrected chi connectivity index (χ3v) is 2.35. The molecule has 0 saturated heterocycles. The lowest BCUT2D eigenvalue weighted by molar-refractivity contribution is 0.230. The van der Waals surface area contributed by atoms with Gasteiger partial charge in [0, 0.05) is 13.1 Å². The molecular weight excluding hydrogens is 365 g/mol. The summed E-state index contributed by atoms with van der Waals surface area (Å²) >= 11 is 0. The third kappa shape index (κ3) is 8.04. The number of rotatable bonds is 7. The number of aliphatic imine (C=N–C) groups is 1. The minimum atomic E-state index is 0. The fourth-order valence-electron chi connectivity index (χ4n) is 1.50. The second kappa shape index (κ2) is 11.6. The molecule has 4 nitrogen and oxygen atoms in total. The van der Waals surface area contributed by atoms with Gasteiger partial charge in [0.1, 0.15) is 11.9 Å². The first-order chi connectivity index (χ1) is 9.26. The molecule has 0 aromatic heterocycles. The Bertz CT molecular complexity index is 395. The van der Waals surface area contributed by atoms with Gasteiger partial charge >= 0.3 is 0 Å². The molecule has 5 heteroatoms. The predicted octanol–water partition coefficient (Wildman–Crippen LogP) is 2.81. The fourth-order valence-corrected chi connectivity index (χ4v) is 1.50. The second-order valence-corrected chi connectivity index (χ2v) is 4.13. The Morgan fingerprint density at radius 3 is 2.65 bits per heavy atom. The van der Waals surface area contributed by atoms with E-state index < -0.39 is 0 Å². The molecule has 0 spiro atoms. The average molecular weight is 389 g/mol. The van der Waals surface area contributed by atoms with E-state index in [1.807, 2.05) is 44.2 Å². The number of guanidine groups is 1. The molecule has 1 aromatic carbocycles. The molecule has 0 saturated carbocycles. The summed E-state index contributed by atoms with van der Waals surface area (Å²) in [4.78, 5) is 4.47. The van der Waals surface area contributed by atoms with Crippen LogP contribution in [0.2, 0.25) is 0 Å². The highest BCUT2D eigenvalue weighted by molar-refractivity contribution is 14.0. The van der Waals surface area contributed by atoms with E-state index in [1.54, 1.807) is 6.08 Å². The summed E-state index contributed by atoms with van der Waals surface area (Å²) in [6.45, 7) is 9.84. The van der Waals surface area contributed by atoms with Gasteiger partial charge in [-0.15, -0.1) is 30.6 Å². The Morgan fingerprint density at radius 1 is 1.35 bits per heavy atom. The van der Waals surface area contributed by atoms with Crippen LogP contribution in [0.3, 0.4) is 0 Å². The number of halogens is 1. The Kier molecular flexibility index (Phi) is 10.9. The third-order valence-electron chi connectivity index (χ3n) is 2.35. The standard InChI is InChI=1S/C15H23N3O.HI/c1-4-11-17-15(16-5-2)18-12-13(3)19-14-9-7-6-8-10-14;/h4,6-10,13H,1,5,11-12H2,2-3H3,(H2,16,17,18);1H. The van der Waals surface area contributed by atoms with Gasteiger partial charge in [-0.3, -0.25) is 0 Å². The quantitative estimate of drug-likeness (QED) is 0.326. The zero-order chi connectivity index (χ0) is 13.9. The molecule has 0 aliphatic heterocycles. The van der Waals surface area contributed by atoms with E-state index in [-0.39, 0.29) is 30.1 Å². The summed E-state index contributed by atoms with van der Waals surface area (Å²) in [6.07, 6.45) is 1.83. The number of benzene rings is 1. The second-order valence-electron chi connectivity index (χ2n) is 4.13. The average Bonchev–Trinajstić information content (AvgIpc) is 2.43. The van der Waals surface area contributed by atoms with Crippen LogP contribution in [0.5, 0.6) is 5.75 Å². The van der Waals surface area contributed by atoms with E-state index in [1.165, 1.54) is 0 Å². The molecule has 0 fully saturated rings. The maximum absolute atomic E-state index is 5.76. The van der Waals surface area contributed by atoms with Crippen molar-refractivity contribution in [3.63, 3.8) is 0 Å². The van der Waals surface area contributed by atoms with E-state index >= 15 is 0 Å². The zero-order valence-corrected chi connectivity index (χ0v) is 14.5. The Hall–Kier alpha value is -1.24. The van der Waals surface area contributed by atoms with Crippen molar-refractivity contribution < 1.29 is 4.74 Å². The van der Waals surface area contributed by atoms with E-state index in [0.29, 0.717) is 13.1 Å². The van der Waals surface area contributed by atoms with Crippen LogP contribution in [-0.4, -0.2) is 31.7 Å². The van der Waals surface area contributed by atoms with Crippen molar-refractivity contribution in [2.75, 3.05) is 19.6 Å². The van der Waals surface area contributed by atoms with Crippen molar-refractivity contribution in [1.82, 2.24) is 10.6 Å². The lowest BCUT2D eigenvalue weighted by Gasteiger charge is -2.14. The molecule has 0 bridgehead atoms. The van der Waals surface area contributed by atoms with E-state index in [0.717, 1.165) is 18.3 Å². The lowest BCUT2D eigenvalue weighted by atomic mass is 10.3. The number of para-hydroxylation sites is 1. The van der Waals surface area contributed by atoms with Gasteiger partial charge in [0.15, 0.2) is 5.96 Å². The van der Waals surface area contributed by atoms with Gasteiger partial charge in [-0.25, -0.2) is 4.99 Å². The Balaban J connectivity index is 0.00000361. The predicted molar refractivity (Wildman–Crippen MR) is 96.1 cm³/mol. The molecule has 1 atom stereocenters. The first-order valence-electron chi connectivity index (χ1n) is 6.61. The van der Waals surface area contributed by atoms with Crippen LogP contribution in [0, 0.1) is 0 Å². The summed E-state index contributed by atoms with van der Waals surface area (Å²) in [6, 6.07) is 9.78. The number of nitrogens with one attached hydrogen (secondary N) is 2. The fraction of sp³-hybridized carbons (Fsp3) is 0.400. The maximum Gasteiger partial charge on any atom is 0.191 e. The van der Waals surface area contributed by atoms with Gasteiger partial charge in [-0.1, -0.05) is 24.3 Å². The largest absolute Gasteiger partial charge is 0.489 e. The van der Waals surface area contributed by atoms with Gasteiger partial charge in [0.25, 0.3) is 0 Å². The minimum Gasteiger partial charge on any atom is -0.489 e. The maximum atomic E-state index is 5.76. The smallest absolute Gasteiger partial charge is 0.191 e. The summed E-state index contributed by atoms with van der Waals surface area (Å²) in [7, 11) is 0. The van der Waals surface area contributed by atoms with Crippen LogP contribution < -0.4 is 15.4 Å². The van der Waals surface area contributed by atoms with Crippen LogP contribution in [-0.2, 0) is 0 Å². The highest BCUT2D eigenvalue weighted by Crippen LogP contribution is 2.10. The Morgan fingerprint density at radius 2 is 2.05 bits per heavy atom. The molecule has 0 radical (unpaired) electrons. The van der Waals surface area contributed by atoms with Gasteiger partial charge < -0.3 is 15.4 Å². The SMILES string of the molecule is C=CCNC(=NCC(C)Oc1ccccc1)NCC.I. The number of hydrogen-bond donors (Lipinski definition) is 2. The first kappa shape index (κ1) is 18.8. The summed E-state index contributed by atoms with van der Waals surface area (Å²) in [5.41, 5.74) is 0. The molecule has 0 heterocycles. The molecule has 1 rings (SSSR count). The van der Waals surface area contributed by atoms with Crippen molar-refractivity contribution >= 4 is 29.9 Å². The van der Waals surface area contributed by atoms with Gasteiger partial charge in [-0.05, 0) is 26.0 Å². The van der Waals surface area contributed by atoms with E-state index in [9.17, 15) is 0 Å². The normalized spacial score (nSPS) is 12.0. The molecule has 0 aliphatic rings. The van der Waals surface area contributed by atoms with Crippen LogP contribution in [0.4, 0.5) is 0 Å². The number of nitrogens with zero attached hydrogens (tertiary/aromatic N) is 1. The summed E-state index contributed by atoms with van der Waals surface area (Å²) < 4.78 is 5.76. The lowest BCUT2D eigenvalue weighted by Crippen LogP contribution is -2.38. The van der Waals surface area contributed by atoms with E-state index in [4.69, 9.17) is 4.74 Å². The van der Waals surface area contributed by atoms with E-state index in [2.05, 4.69) is 22.2 Å². The molecule has 20 heavy (non-hydrogen) atoms. The van der Waals surface area contributed by atoms with Crippen molar-refractivity contribution in [2.45, 2.75) is 20.0 Å². The number of hydrogen-bond acceptors (Lipinski definition) is 2. The van der Waals surface area contributed by atoms with Crippen molar-refractivity contribution in [1.29, 1.82) is 0 Å². The number of ether oxygens (including phenoxy) is 1. The van der Waals surface area contributed by atoms with Crippen LogP contribution in [0.15, 0.2) is 48.0 Å². The molecular formula is C15H24IN3O. The highest BCUT2D eigenvalue weighted by Gasteiger charge is 2.03.